The van der Waals surface area contributed by atoms with Crippen LogP contribution in [0.2, 0.25) is 0 Å². The summed E-state index contributed by atoms with van der Waals surface area (Å²) in [6, 6.07) is 0. The summed E-state index contributed by atoms with van der Waals surface area (Å²) in [5.74, 6) is 0.891. The molecule has 90 heavy (non-hydrogen) atoms. The molecule has 0 bridgehead atoms. The van der Waals surface area contributed by atoms with Gasteiger partial charge in [-0.1, -0.05) is 299 Å². The van der Waals surface area contributed by atoms with E-state index in [-0.39, 0.29) is 25.7 Å². The molecule has 0 spiro atoms. The number of phosphoric ester groups is 2. The van der Waals surface area contributed by atoms with Crippen molar-refractivity contribution in [2.45, 2.75) is 369 Å². The van der Waals surface area contributed by atoms with E-state index in [0.717, 1.165) is 120 Å². The van der Waals surface area contributed by atoms with Crippen molar-refractivity contribution in [3.8, 4) is 0 Å². The van der Waals surface area contributed by atoms with Crippen molar-refractivity contribution in [2.24, 2.45) is 23.7 Å². The first-order valence-electron chi connectivity index (χ1n) is 36.8. The fraction of sp³-hybridized carbons (Fsp3) is 0.944. The molecule has 0 aromatic rings. The lowest BCUT2D eigenvalue weighted by Gasteiger charge is -2.21. The standard InChI is InChI=1S/C71H138O17P2/c1-9-63(7)49-41-33-25-20-22-26-35-43-51-68(73)81-57-66(88-71(76)54-46-38-28-21-19-24-32-40-48-62(5)6)59-85-89(77,78)83-55-65(72)56-84-90(79,80)86-60-67(58-82-69(74)52-44-36-30-29-34-42-50-64(8)10-2)87-70(75)53-45-37-27-18-16-14-12-11-13-15-17-23-31-39-47-61(3)4/h61-67,72H,9-60H2,1-8H3,(H,77,78)(H,79,80)/t63?,64?,65-,66-,67-/m1/s1. The molecule has 7 atom stereocenters. The van der Waals surface area contributed by atoms with E-state index in [1.54, 1.807) is 0 Å². The third-order valence-corrected chi connectivity index (χ3v) is 18.9. The zero-order valence-electron chi connectivity index (χ0n) is 58.8. The molecule has 0 heterocycles. The van der Waals surface area contributed by atoms with Gasteiger partial charge in [-0.3, -0.25) is 37.3 Å². The number of aliphatic hydroxyl groups is 1. The fourth-order valence-corrected chi connectivity index (χ4v) is 12.2. The monoisotopic (exact) mass is 1320 g/mol. The molecule has 0 saturated carbocycles. The molecule has 0 aliphatic rings. The Labute approximate surface area is 549 Å². The molecule has 0 fully saturated rings. The van der Waals surface area contributed by atoms with Gasteiger partial charge in [-0.05, 0) is 49.4 Å². The van der Waals surface area contributed by atoms with Crippen LogP contribution in [-0.2, 0) is 65.4 Å². The van der Waals surface area contributed by atoms with Gasteiger partial charge in [0.15, 0.2) is 12.2 Å². The smallest absolute Gasteiger partial charge is 0.462 e. The first kappa shape index (κ1) is 88.1. The Hall–Kier alpha value is -1.94. The molecule has 3 N–H and O–H groups in total. The summed E-state index contributed by atoms with van der Waals surface area (Å²) in [7, 11) is -9.90. The summed E-state index contributed by atoms with van der Waals surface area (Å²) >= 11 is 0. The molecule has 19 heteroatoms. The molecule has 0 aromatic carbocycles. The summed E-state index contributed by atoms with van der Waals surface area (Å²) in [5.41, 5.74) is 0. The van der Waals surface area contributed by atoms with E-state index < -0.39 is 97.5 Å². The van der Waals surface area contributed by atoms with Gasteiger partial charge in [0.05, 0.1) is 26.4 Å². The number of hydrogen-bond donors (Lipinski definition) is 3. The van der Waals surface area contributed by atoms with Gasteiger partial charge in [-0.15, -0.1) is 0 Å². The quantitative estimate of drug-likeness (QED) is 0.0222. The number of carbonyl (C=O) groups is 4. The number of phosphoric acid groups is 2. The number of aliphatic hydroxyl groups excluding tert-OH is 1. The Morgan fingerprint density at radius 3 is 0.789 bits per heavy atom. The highest BCUT2D eigenvalue weighted by atomic mass is 31.2. The zero-order valence-corrected chi connectivity index (χ0v) is 60.6. The van der Waals surface area contributed by atoms with E-state index in [0.29, 0.717) is 25.7 Å². The summed E-state index contributed by atoms with van der Waals surface area (Å²) < 4.78 is 68.3. The largest absolute Gasteiger partial charge is 0.472 e. The molecule has 0 rings (SSSR count). The van der Waals surface area contributed by atoms with Gasteiger partial charge in [0.25, 0.3) is 0 Å². The highest BCUT2D eigenvalue weighted by Crippen LogP contribution is 2.45. The van der Waals surface area contributed by atoms with Crippen LogP contribution in [0.3, 0.4) is 0 Å². The van der Waals surface area contributed by atoms with E-state index in [1.807, 2.05) is 0 Å². The summed E-state index contributed by atoms with van der Waals surface area (Å²) in [5, 5.41) is 10.6. The maximum Gasteiger partial charge on any atom is 0.472 e. The van der Waals surface area contributed by atoms with Crippen molar-refractivity contribution >= 4 is 39.5 Å². The minimum atomic E-state index is -4.95. The molecule has 4 unspecified atom stereocenters. The van der Waals surface area contributed by atoms with Gasteiger partial charge in [0.2, 0.25) is 0 Å². The second-order valence-corrected chi connectivity index (χ2v) is 30.0. The Balaban J connectivity index is 5.24. The average Bonchev–Trinajstić information content (AvgIpc) is 3.66. The third-order valence-electron chi connectivity index (χ3n) is 17.0. The SMILES string of the molecule is CCC(C)CCCCCCCCCCC(=O)OC[C@H](COP(=O)(O)OC[C@@H](O)COP(=O)(O)OC[C@@H](COC(=O)CCCCCCCCC(C)CC)OC(=O)CCCCCCCCCCCCCCCCC(C)C)OC(=O)CCCCCCCCCCC(C)C. The lowest BCUT2D eigenvalue weighted by Crippen LogP contribution is -2.30. The van der Waals surface area contributed by atoms with Crippen LogP contribution in [0.1, 0.15) is 351 Å². The van der Waals surface area contributed by atoms with Gasteiger partial charge in [-0.2, -0.15) is 0 Å². The fourth-order valence-electron chi connectivity index (χ4n) is 10.6. The average molecular weight is 1330 g/mol. The molecule has 0 aliphatic heterocycles. The van der Waals surface area contributed by atoms with Crippen LogP contribution in [-0.4, -0.2) is 96.7 Å². The predicted octanol–water partition coefficient (Wildman–Crippen LogP) is 20.1. The summed E-state index contributed by atoms with van der Waals surface area (Å²) in [6.45, 7) is 14.1. The Kier molecular flexibility index (Phi) is 59.4. The number of ether oxygens (including phenoxy) is 4. The van der Waals surface area contributed by atoms with E-state index in [4.69, 9.17) is 37.0 Å². The van der Waals surface area contributed by atoms with Crippen LogP contribution in [0, 0.1) is 23.7 Å². The van der Waals surface area contributed by atoms with Crippen molar-refractivity contribution in [1.82, 2.24) is 0 Å². The lowest BCUT2D eigenvalue weighted by molar-refractivity contribution is -0.161. The topological polar surface area (TPSA) is 237 Å². The van der Waals surface area contributed by atoms with Gasteiger partial charge >= 0.3 is 39.5 Å². The number of unbranched alkanes of at least 4 members (excludes halogenated alkanes) is 32. The van der Waals surface area contributed by atoms with Crippen LogP contribution in [0.5, 0.6) is 0 Å². The molecular weight excluding hydrogens is 1190 g/mol. The lowest BCUT2D eigenvalue weighted by atomic mass is 9.99. The van der Waals surface area contributed by atoms with Crippen LogP contribution in [0.25, 0.3) is 0 Å². The van der Waals surface area contributed by atoms with Gasteiger partial charge in [-0.25, -0.2) is 9.13 Å². The molecular formula is C71H138O17P2. The Bertz CT molecular complexity index is 1790. The van der Waals surface area contributed by atoms with Crippen molar-refractivity contribution in [3.63, 3.8) is 0 Å². The number of carbonyl (C=O) groups excluding carboxylic acids is 4. The van der Waals surface area contributed by atoms with Crippen LogP contribution in [0.15, 0.2) is 0 Å². The first-order valence-corrected chi connectivity index (χ1v) is 39.8. The van der Waals surface area contributed by atoms with Gasteiger partial charge < -0.3 is 33.8 Å². The van der Waals surface area contributed by atoms with Gasteiger partial charge in [0, 0.05) is 25.7 Å². The number of hydrogen-bond acceptors (Lipinski definition) is 15. The molecule has 0 saturated heterocycles. The molecule has 534 valence electrons. The second kappa shape index (κ2) is 60.7. The van der Waals surface area contributed by atoms with Crippen molar-refractivity contribution in [1.29, 1.82) is 0 Å². The van der Waals surface area contributed by atoms with Crippen LogP contribution < -0.4 is 0 Å². The van der Waals surface area contributed by atoms with E-state index in [9.17, 15) is 43.2 Å². The minimum Gasteiger partial charge on any atom is -0.462 e. The van der Waals surface area contributed by atoms with Crippen LogP contribution >= 0.6 is 15.6 Å². The third kappa shape index (κ3) is 62.2. The van der Waals surface area contributed by atoms with Gasteiger partial charge in [0.1, 0.15) is 19.3 Å². The summed E-state index contributed by atoms with van der Waals surface area (Å²) in [4.78, 5) is 72.6. The Morgan fingerprint density at radius 2 is 0.533 bits per heavy atom. The number of esters is 4. The molecule has 0 aliphatic carbocycles. The highest BCUT2D eigenvalue weighted by molar-refractivity contribution is 7.47. The van der Waals surface area contributed by atoms with Crippen LogP contribution in [0.4, 0.5) is 0 Å². The molecule has 0 amide bonds. The van der Waals surface area contributed by atoms with E-state index >= 15 is 0 Å². The normalized spacial score (nSPS) is 14.9. The van der Waals surface area contributed by atoms with Crippen molar-refractivity contribution < 1.29 is 80.2 Å². The second-order valence-electron chi connectivity index (χ2n) is 27.1. The molecule has 0 radical (unpaired) electrons. The molecule has 17 nitrogen and oxygen atoms in total. The van der Waals surface area contributed by atoms with E-state index in [2.05, 4.69) is 55.4 Å². The van der Waals surface area contributed by atoms with Crippen molar-refractivity contribution in [3.05, 3.63) is 0 Å². The number of rotatable bonds is 68. The summed E-state index contributed by atoms with van der Waals surface area (Å²) in [6.07, 6.45) is 43.1. The van der Waals surface area contributed by atoms with E-state index in [1.165, 1.54) is 148 Å². The Morgan fingerprint density at radius 1 is 0.311 bits per heavy atom. The maximum atomic E-state index is 13.0. The van der Waals surface area contributed by atoms with Crippen molar-refractivity contribution in [2.75, 3.05) is 39.6 Å². The zero-order chi connectivity index (χ0) is 66.8. The maximum absolute atomic E-state index is 13.0. The highest BCUT2D eigenvalue weighted by Gasteiger charge is 2.30. The first-order chi connectivity index (χ1) is 43.2. The minimum absolute atomic E-state index is 0.103. The predicted molar refractivity (Wildman–Crippen MR) is 363 cm³/mol. The molecule has 0 aromatic heterocycles.